The first-order valence-corrected chi connectivity index (χ1v) is 5.92. The molecule has 1 aromatic rings. The number of amides is 1. The summed E-state index contributed by atoms with van der Waals surface area (Å²) in [5.41, 5.74) is 1.21. The number of esters is 1. The molecule has 1 rings (SSSR count). The third-order valence-electron chi connectivity index (χ3n) is 2.48. The Morgan fingerprint density at radius 1 is 1.32 bits per heavy atom. The van der Waals surface area contributed by atoms with Gasteiger partial charge >= 0.3 is 5.97 Å². The van der Waals surface area contributed by atoms with Gasteiger partial charge in [0.1, 0.15) is 6.04 Å². The number of hydrogen-bond acceptors (Lipinski definition) is 5. The highest BCUT2D eigenvalue weighted by molar-refractivity contribution is 5.94. The zero-order chi connectivity index (χ0) is 14.3. The number of rotatable bonds is 6. The number of nitrogens with one attached hydrogen (secondary N) is 2. The molecule has 0 aliphatic rings. The zero-order valence-corrected chi connectivity index (χ0v) is 11.0. The van der Waals surface area contributed by atoms with Crippen molar-refractivity contribution in [2.24, 2.45) is 0 Å². The van der Waals surface area contributed by atoms with Crippen molar-refractivity contribution in [3.8, 4) is 0 Å². The summed E-state index contributed by atoms with van der Waals surface area (Å²) in [4.78, 5) is 22.8. The van der Waals surface area contributed by atoms with E-state index in [1.165, 1.54) is 7.11 Å². The van der Waals surface area contributed by atoms with Gasteiger partial charge < -0.3 is 20.5 Å². The Morgan fingerprint density at radius 3 is 2.47 bits per heavy atom. The lowest BCUT2D eigenvalue weighted by Crippen LogP contribution is -2.27. The second kappa shape index (κ2) is 7.38. The van der Waals surface area contributed by atoms with E-state index >= 15 is 0 Å². The summed E-state index contributed by atoms with van der Waals surface area (Å²) in [5, 5.41) is 14.1. The van der Waals surface area contributed by atoms with Crippen LogP contribution in [-0.4, -0.2) is 43.3 Å². The van der Waals surface area contributed by atoms with Crippen LogP contribution in [0.4, 0.5) is 5.69 Å². The van der Waals surface area contributed by atoms with Crippen LogP contribution in [0, 0.1) is 0 Å². The van der Waals surface area contributed by atoms with Gasteiger partial charge in [0.05, 0.1) is 13.7 Å². The van der Waals surface area contributed by atoms with Gasteiger partial charge in [-0.3, -0.25) is 4.79 Å². The first kappa shape index (κ1) is 15.0. The van der Waals surface area contributed by atoms with Crippen molar-refractivity contribution in [2.45, 2.75) is 13.0 Å². The van der Waals surface area contributed by atoms with Crippen LogP contribution in [0.5, 0.6) is 0 Å². The Kier molecular flexibility index (Phi) is 5.81. The monoisotopic (exact) mass is 266 g/mol. The highest BCUT2D eigenvalue weighted by atomic mass is 16.5. The number of aliphatic hydroxyl groups excluding tert-OH is 1. The van der Waals surface area contributed by atoms with E-state index < -0.39 is 6.04 Å². The summed E-state index contributed by atoms with van der Waals surface area (Å²) in [6.45, 7) is 1.81. The van der Waals surface area contributed by atoms with Gasteiger partial charge in [0.25, 0.3) is 5.91 Å². The molecule has 0 aromatic heterocycles. The number of aliphatic hydroxyl groups is 1. The van der Waals surface area contributed by atoms with Crippen molar-refractivity contribution in [2.75, 3.05) is 25.6 Å². The number of carbonyl (C=O) groups excluding carboxylic acids is 2. The quantitative estimate of drug-likeness (QED) is 0.648. The lowest BCUT2D eigenvalue weighted by Gasteiger charge is -2.13. The SMILES string of the molecule is COC(=O)C(C)Nc1ccc(C(=O)NCCO)cc1. The van der Waals surface area contributed by atoms with E-state index in [9.17, 15) is 9.59 Å². The number of methoxy groups -OCH3 is 1. The van der Waals surface area contributed by atoms with Crippen molar-refractivity contribution in [1.82, 2.24) is 5.32 Å². The largest absolute Gasteiger partial charge is 0.467 e. The Balaban J connectivity index is 2.61. The van der Waals surface area contributed by atoms with Gasteiger partial charge in [-0.15, -0.1) is 0 Å². The first-order chi connectivity index (χ1) is 9.08. The van der Waals surface area contributed by atoms with E-state index in [0.717, 1.165) is 5.69 Å². The first-order valence-electron chi connectivity index (χ1n) is 5.92. The van der Waals surface area contributed by atoms with Crippen LogP contribution in [0.1, 0.15) is 17.3 Å². The van der Waals surface area contributed by atoms with E-state index in [1.54, 1.807) is 31.2 Å². The molecule has 0 spiro atoms. The number of ether oxygens (including phenoxy) is 1. The molecule has 1 unspecified atom stereocenters. The summed E-state index contributed by atoms with van der Waals surface area (Å²) >= 11 is 0. The normalized spacial score (nSPS) is 11.5. The maximum atomic E-state index is 11.6. The molecule has 0 bridgehead atoms. The van der Waals surface area contributed by atoms with Crippen molar-refractivity contribution < 1.29 is 19.4 Å². The fourth-order valence-electron chi connectivity index (χ4n) is 1.48. The van der Waals surface area contributed by atoms with Gasteiger partial charge in [0.2, 0.25) is 0 Å². The summed E-state index contributed by atoms with van der Waals surface area (Å²) in [5.74, 6) is -0.605. The van der Waals surface area contributed by atoms with Crippen LogP contribution in [0.3, 0.4) is 0 Å². The van der Waals surface area contributed by atoms with E-state index in [2.05, 4.69) is 15.4 Å². The molecular formula is C13H18N2O4. The van der Waals surface area contributed by atoms with Crippen LogP contribution in [-0.2, 0) is 9.53 Å². The molecule has 6 nitrogen and oxygen atoms in total. The lowest BCUT2D eigenvalue weighted by molar-refractivity contribution is -0.141. The maximum absolute atomic E-state index is 11.6. The number of hydrogen-bond donors (Lipinski definition) is 3. The molecule has 3 N–H and O–H groups in total. The molecule has 0 aliphatic carbocycles. The van der Waals surface area contributed by atoms with Gasteiger partial charge in [-0.2, -0.15) is 0 Å². The molecule has 1 amide bonds. The standard InChI is InChI=1S/C13H18N2O4/c1-9(13(18)19-2)15-11-5-3-10(4-6-11)12(17)14-7-8-16/h3-6,9,15-16H,7-8H2,1-2H3,(H,14,17). The summed E-state index contributed by atoms with van der Waals surface area (Å²) in [6.07, 6.45) is 0. The third kappa shape index (κ3) is 4.59. The van der Waals surface area contributed by atoms with E-state index in [0.29, 0.717) is 5.56 Å². The zero-order valence-electron chi connectivity index (χ0n) is 11.0. The van der Waals surface area contributed by atoms with Gasteiger partial charge in [0, 0.05) is 17.8 Å². The molecule has 1 atom stereocenters. The fraction of sp³-hybridized carbons (Fsp3) is 0.385. The Bertz CT molecular complexity index is 431. The molecule has 0 radical (unpaired) electrons. The molecule has 19 heavy (non-hydrogen) atoms. The summed E-state index contributed by atoms with van der Waals surface area (Å²) in [6, 6.07) is 6.22. The van der Waals surface area contributed by atoms with Crippen LogP contribution in [0.15, 0.2) is 24.3 Å². The van der Waals surface area contributed by atoms with Gasteiger partial charge in [0.15, 0.2) is 0 Å². The molecule has 0 heterocycles. The highest BCUT2D eigenvalue weighted by Crippen LogP contribution is 2.11. The molecule has 6 heteroatoms. The summed E-state index contributed by atoms with van der Waals surface area (Å²) in [7, 11) is 1.33. The second-order valence-corrected chi connectivity index (χ2v) is 3.95. The van der Waals surface area contributed by atoms with Gasteiger partial charge in [-0.1, -0.05) is 0 Å². The molecule has 104 valence electrons. The van der Waals surface area contributed by atoms with Crippen LogP contribution >= 0.6 is 0 Å². The number of carbonyl (C=O) groups is 2. The number of benzene rings is 1. The van der Waals surface area contributed by atoms with Crippen molar-refractivity contribution >= 4 is 17.6 Å². The molecule has 0 aliphatic heterocycles. The highest BCUT2D eigenvalue weighted by Gasteiger charge is 2.12. The predicted octanol–water partition coefficient (Wildman–Crippen LogP) is 0.382. The lowest BCUT2D eigenvalue weighted by atomic mass is 10.2. The van der Waals surface area contributed by atoms with Crippen molar-refractivity contribution in [3.05, 3.63) is 29.8 Å². The smallest absolute Gasteiger partial charge is 0.327 e. The Hall–Kier alpha value is -2.08. The topological polar surface area (TPSA) is 87.7 Å². The van der Waals surface area contributed by atoms with E-state index in [4.69, 9.17) is 5.11 Å². The Morgan fingerprint density at radius 2 is 1.95 bits per heavy atom. The molecule has 0 saturated carbocycles. The fourth-order valence-corrected chi connectivity index (χ4v) is 1.48. The average Bonchev–Trinajstić information content (AvgIpc) is 2.44. The molecule has 0 saturated heterocycles. The maximum Gasteiger partial charge on any atom is 0.327 e. The van der Waals surface area contributed by atoms with Gasteiger partial charge in [-0.25, -0.2) is 4.79 Å². The predicted molar refractivity (Wildman–Crippen MR) is 71.0 cm³/mol. The second-order valence-electron chi connectivity index (χ2n) is 3.95. The number of anilines is 1. The molecule has 1 aromatic carbocycles. The average molecular weight is 266 g/mol. The minimum Gasteiger partial charge on any atom is -0.467 e. The van der Waals surface area contributed by atoms with E-state index in [1.807, 2.05) is 0 Å². The van der Waals surface area contributed by atoms with Crippen LogP contribution in [0.25, 0.3) is 0 Å². The molecule has 0 fully saturated rings. The van der Waals surface area contributed by atoms with Crippen molar-refractivity contribution in [1.29, 1.82) is 0 Å². The van der Waals surface area contributed by atoms with E-state index in [-0.39, 0.29) is 25.0 Å². The van der Waals surface area contributed by atoms with Crippen LogP contribution < -0.4 is 10.6 Å². The van der Waals surface area contributed by atoms with Crippen LogP contribution in [0.2, 0.25) is 0 Å². The van der Waals surface area contributed by atoms with Gasteiger partial charge in [-0.05, 0) is 31.2 Å². The minimum atomic E-state index is -0.459. The third-order valence-corrected chi connectivity index (χ3v) is 2.48. The minimum absolute atomic E-state index is 0.0952. The van der Waals surface area contributed by atoms with Crippen molar-refractivity contribution in [3.63, 3.8) is 0 Å². The summed E-state index contributed by atoms with van der Waals surface area (Å²) < 4.78 is 4.60. The molecular weight excluding hydrogens is 248 g/mol. The Labute approximate surface area is 111 Å².